The van der Waals surface area contributed by atoms with E-state index >= 15 is 0 Å². The van der Waals surface area contributed by atoms with E-state index in [1.54, 1.807) is 0 Å². The molecule has 3 nitrogen and oxygen atoms in total. The van der Waals surface area contributed by atoms with E-state index in [1.165, 1.54) is 0 Å². The lowest BCUT2D eigenvalue weighted by atomic mass is 10.1. The van der Waals surface area contributed by atoms with E-state index in [-0.39, 0.29) is 23.0 Å². The highest BCUT2D eigenvalue weighted by atomic mass is 16.2. The molecule has 0 aliphatic heterocycles. The Bertz CT molecular complexity index is 198. The summed E-state index contributed by atoms with van der Waals surface area (Å²) in [5, 5.41) is 6.17. The van der Waals surface area contributed by atoms with Crippen molar-refractivity contribution >= 4 is 5.91 Å². The van der Waals surface area contributed by atoms with Crippen molar-refractivity contribution in [1.29, 1.82) is 0 Å². The predicted octanol–water partition coefficient (Wildman–Crippen LogP) is 1.68. The van der Waals surface area contributed by atoms with Crippen LogP contribution in [-0.2, 0) is 4.79 Å². The highest BCUT2D eigenvalue weighted by molar-refractivity contribution is 5.82. The van der Waals surface area contributed by atoms with Gasteiger partial charge in [0.15, 0.2) is 0 Å². The summed E-state index contributed by atoms with van der Waals surface area (Å²) in [6.45, 7) is 14.0. The fraction of sp³-hybridized carbons (Fsp3) is 0.909. The minimum Gasteiger partial charge on any atom is -0.350 e. The molecule has 0 unspecified atom stereocenters. The van der Waals surface area contributed by atoms with Crippen LogP contribution in [0, 0.1) is 0 Å². The van der Waals surface area contributed by atoms with Crippen molar-refractivity contribution in [2.24, 2.45) is 0 Å². The highest BCUT2D eigenvalue weighted by Gasteiger charge is 2.22. The van der Waals surface area contributed by atoms with Crippen LogP contribution in [0.1, 0.15) is 48.5 Å². The Morgan fingerprint density at radius 1 is 1.00 bits per heavy atom. The van der Waals surface area contributed by atoms with E-state index in [0.29, 0.717) is 0 Å². The summed E-state index contributed by atoms with van der Waals surface area (Å²) in [5.41, 5.74) is -0.195. The minimum absolute atomic E-state index is 0.0331. The molecular formula is C11H24N2O. The van der Waals surface area contributed by atoms with Crippen molar-refractivity contribution in [3.05, 3.63) is 0 Å². The number of carbonyl (C=O) groups is 1. The second kappa shape index (κ2) is 4.30. The minimum atomic E-state index is -0.162. The first-order valence-corrected chi connectivity index (χ1v) is 5.11. The molecule has 3 heteroatoms. The summed E-state index contributed by atoms with van der Waals surface area (Å²) < 4.78 is 0. The van der Waals surface area contributed by atoms with Crippen LogP contribution >= 0.6 is 0 Å². The lowest BCUT2D eigenvalue weighted by Gasteiger charge is -2.28. The molecule has 0 aliphatic carbocycles. The summed E-state index contributed by atoms with van der Waals surface area (Å²) in [6.07, 6.45) is 0. The molecular weight excluding hydrogens is 176 g/mol. The molecule has 0 fully saturated rings. The van der Waals surface area contributed by atoms with Crippen LogP contribution in [0.4, 0.5) is 0 Å². The van der Waals surface area contributed by atoms with E-state index in [1.807, 2.05) is 48.5 Å². The van der Waals surface area contributed by atoms with Crippen molar-refractivity contribution in [3.8, 4) is 0 Å². The third-order valence-corrected chi connectivity index (χ3v) is 1.54. The van der Waals surface area contributed by atoms with E-state index in [2.05, 4.69) is 10.6 Å². The van der Waals surface area contributed by atoms with Crippen molar-refractivity contribution in [2.75, 3.05) is 0 Å². The van der Waals surface area contributed by atoms with Gasteiger partial charge in [-0.15, -0.1) is 0 Å². The smallest absolute Gasteiger partial charge is 0.237 e. The topological polar surface area (TPSA) is 41.1 Å². The Morgan fingerprint density at radius 2 is 1.43 bits per heavy atom. The Kier molecular flexibility index (Phi) is 4.13. The number of nitrogens with one attached hydrogen (secondary N) is 2. The van der Waals surface area contributed by atoms with Gasteiger partial charge >= 0.3 is 0 Å². The SMILES string of the molecule is C[C@H](NC(C)(C)C)C(=O)NC(C)(C)C. The first-order valence-electron chi connectivity index (χ1n) is 5.11. The first-order chi connectivity index (χ1) is 6.01. The van der Waals surface area contributed by atoms with Gasteiger partial charge in [0.05, 0.1) is 6.04 Å². The zero-order valence-corrected chi connectivity index (χ0v) is 10.5. The number of carbonyl (C=O) groups excluding carboxylic acids is 1. The van der Waals surface area contributed by atoms with Crippen LogP contribution < -0.4 is 10.6 Å². The average Bonchev–Trinajstić information content (AvgIpc) is 1.78. The fourth-order valence-electron chi connectivity index (χ4n) is 1.19. The lowest BCUT2D eigenvalue weighted by molar-refractivity contribution is -0.124. The third kappa shape index (κ3) is 6.89. The van der Waals surface area contributed by atoms with Gasteiger partial charge < -0.3 is 10.6 Å². The maximum absolute atomic E-state index is 11.7. The zero-order chi connectivity index (χ0) is 11.6. The van der Waals surface area contributed by atoms with Crippen molar-refractivity contribution < 1.29 is 4.79 Å². The van der Waals surface area contributed by atoms with Crippen LogP contribution in [0.2, 0.25) is 0 Å². The van der Waals surface area contributed by atoms with E-state index in [9.17, 15) is 4.79 Å². The lowest BCUT2D eigenvalue weighted by Crippen LogP contribution is -2.53. The van der Waals surface area contributed by atoms with Crippen LogP contribution in [0.15, 0.2) is 0 Å². The summed E-state index contributed by atoms with van der Waals surface area (Å²) >= 11 is 0. The van der Waals surface area contributed by atoms with Gasteiger partial charge in [0, 0.05) is 11.1 Å². The molecule has 0 radical (unpaired) electrons. The molecule has 0 saturated heterocycles. The molecule has 0 saturated carbocycles. The molecule has 0 spiro atoms. The normalized spacial score (nSPS) is 15.1. The quantitative estimate of drug-likeness (QED) is 0.712. The van der Waals surface area contributed by atoms with Gasteiger partial charge in [-0.3, -0.25) is 4.79 Å². The van der Waals surface area contributed by atoms with Crippen molar-refractivity contribution in [1.82, 2.24) is 10.6 Å². The maximum Gasteiger partial charge on any atom is 0.237 e. The van der Waals surface area contributed by atoms with Gasteiger partial charge in [0.1, 0.15) is 0 Å². The molecule has 0 heterocycles. The molecule has 1 atom stereocenters. The molecule has 0 aromatic carbocycles. The predicted molar refractivity (Wildman–Crippen MR) is 60.2 cm³/mol. The maximum atomic E-state index is 11.7. The fourth-order valence-corrected chi connectivity index (χ4v) is 1.19. The Hall–Kier alpha value is -0.570. The summed E-state index contributed by atoms with van der Waals surface area (Å²) in [4.78, 5) is 11.7. The van der Waals surface area contributed by atoms with Gasteiger partial charge in [-0.05, 0) is 48.5 Å². The molecule has 0 aromatic heterocycles. The van der Waals surface area contributed by atoms with Crippen LogP contribution in [0.5, 0.6) is 0 Å². The molecule has 2 N–H and O–H groups in total. The summed E-state index contributed by atoms with van der Waals surface area (Å²) in [7, 11) is 0. The van der Waals surface area contributed by atoms with Crippen LogP contribution in [0.25, 0.3) is 0 Å². The Labute approximate surface area is 87.6 Å². The van der Waals surface area contributed by atoms with Gasteiger partial charge in [-0.2, -0.15) is 0 Å². The van der Waals surface area contributed by atoms with E-state index in [4.69, 9.17) is 0 Å². The second-order valence-corrected chi connectivity index (χ2v) is 5.86. The van der Waals surface area contributed by atoms with Gasteiger partial charge in [0.2, 0.25) is 5.91 Å². The molecule has 0 aliphatic rings. The van der Waals surface area contributed by atoms with Crippen LogP contribution in [0.3, 0.4) is 0 Å². The molecule has 1 amide bonds. The third-order valence-electron chi connectivity index (χ3n) is 1.54. The zero-order valence-electron chi connectivity index (χ0n) is 10.5. The second-order valence-electron chi connectivity index (χ2n) is 5.86. The molecule has 0 bridgehead atoms. The largest absolute Gasteiger partial charge is 0.350 e. The molecule has 84 valence electrons. The average molecular weight is 200 g/mol. The van der Waals surface area contributed by atoms with E-state index in [0.717, 1.165) is 0 Å². The van der Waals surface area contributed by atoms with Crippen molar-refractivity contribution in [2.45, 2.75) is 65.6 Å². The number of rotatable bonds is 2. The summed E-state index contributed by atoms with van der Waals surface area (Å²) in [6, 6.07) is -0.158. The first kappa shape index (κ1) is 13.4. The molecule has 0 aromatic rings. The van der Waals surface area contributed by atoms with Gasteiger partial charge in [-0.25, -0.2) is 0 Å². The van der Waals surface area contributed by atoms with Gasteiger partial charge in [-0.1, -0.05) is 0 Å². The standard InChI is InChI=1S/C11H24N2O/c1-8(12-10(2,3)4)9(14)13-11(5,6)7/h8,12H,1-7H3,(H,13,14)/t8-/m0/s1. The number of amides is 1. The van der Waals surface area contributed by atoms with E-state index < -0.39 is 0 Å². The number of hydrogen-bond acceptors (Lipinski definition) is 2. The van der Waals surface area contributed by atoms with Crippen LogP contribution in [-0.4, -0.2) is 23.0 Å². The summed E-state index contributed by atoms with van der Waals surface area (Å²) in [5.74, 6) is 0.0485. The van der Waals surface area contributed by atoms with Gasteiger partial charge in [0.25, 0.3) is 0 Å². The Morgan fingerprint density at radius 3 is 1.71 bits per heavy atom. The molecule has 14 heavy (non-hydrogen) atoms. The number of hydrogen-bond donors (Lipinski definition) is 2. The molecule has 0 rings (SSSR count). The Balaban J connectivity index is 4.15. The monoisotopic (exact) mass is 200 g/mol. The van der Waals surface area contributed by atoms with Crippen molar-refractivity contribution in [3.63, 3.8) is 0 Å². The highest BCUT2D eigenvalue weighted by Crippen LogP contribution is 2.03.